The topological polar surface area (TPSA) is 80.4 Å². The molecule has 6 heteroatoms. The second kappa shape index (κ2) is 8.85. The first-order valence-electron chi connectivity index (χ1n) is 9.34. The van der Waals surface area contributed by atoms with Crippen LogP contribution in [0.4, 0.5) is 5.69 Å². The summed E-state index contributed by atoms with van der Waals surface area (Å²) in [5, 5.41) is 3.87. The summed E-state index contributed by atoms with van der Waals surface area (Å²) in [6.45, 7) is 9.69. The molecule has 0 saturated carbocycles. The first-order chi connectivity index (χ1) is 12.4. The van der Waals surface area contributed by atoms with Crippen LogP contribution in [0.25, 0.3) is 10.9 Å². The number of hydrogen-bond acceptors (Lipinski definition) is 3. The van der Waals surface area contributed by atoms with Crippen LogP contribution in [0.15, 0.2) is 30.5 Å². The molecular weight excluding hydrogens is 328 g/mol. The summed E-state index contributed by atoms with van der Waals surface area (Å²) in [5.74, 6) is 0.0603. The van der Waals surface area contributed by atoms with Crippen molar-refractivity contribution in [3.8, 4) is 0 Å². The van der Waals surface area contributed by atoms with Crippen LogP contribution in [-0.2, 0) is 16.1 Å². The Bertz CT molecular complexity index is 764. The van der Waals surface area contributed by atoms with Crippen LogP contribution in [0, 0.1) is 5.92 Å². The zero-order valence-corrected chi connectivity index (χ0v) is 16.2. The normalized spacial score (nSPS) is 13.4. The van der Waals surface area contributed by atoms with E-state index in [2.05, 4.69) is 5.32 Å². The predicted molar refractivity (Wildman–Crippen MR) is 106 cm³/mol. The number of nitrogens with two attached hydrogens (primary N) is 1. The van der Waals surface area contributed by atoms with Crippen molar-refractivity contribution in [1.82, 2.24) is 9.47 Å². The Morgan fingerprint density at radius 1 is 1.19 bits per heavy atom. The van der Waals surface area contributed by atoms with Gasteiger partial charge in [0.25, 0.3) is 0 Å². The molecule has 0 aliphatic carbocycles. The number of carbonyl (C=O) groups excluding carboxylic acids is 2. The molecule has 2 amide bonds. The summed E-state index contributed by atoms with van der Waals surface area (Å²) in [5.41, 5.74) is 7.67. The number of nitrogens with one attached hydrogen (secondary N) is 1. The van der Waals surface area contributed by atoms with Gasteiger partial charge in [-0.3, -0.25) is 9.59 Å². The lowest BCUT2D eigenvalue weighted by Crippen LogP contribution is -2.40. The fraction of sp³-hybridized carbons (Fsp3) is 0.500. The first kappa shape index (κ1) is 20.0. The minimum atomic E-state index is -0.521. The second-order valence-corrected chi connectivity index (χ2v) is 6.68. The van der Waals surface area contributed by atoms with E-state index in [9.17, 15) is 9.59 Å². The summed E-state index contributed by atoms with van der Waals surface area (Å²) < 4.78 is 1.94. The Balaban J connectivity index is 2.13. The highest BCUT2D eigenvalue weighted by atomic mass is 16.2. The quantitative estimate of drug-likeness (QED) is 0.761. The van der Waals surface area contributed by atoms with Crippen LogP contribution in [0.1, 0.15) is 34.1 Å². The lowest BCUT2D eigenvalue weighted by Gasteiger charge is -2.19. The molecule has 2 atom stereocenters. The molecule has 0 aliphatic heterocycles. The van der Waals surface area contributed by atoms with Gasteiger partial charge < -0.3 is 20.5 Å². The minimum Gasteiger partial charge on any atom is -0.342 e. The molecule has 0 saturated heterocycles. The second-order valence-electron chi connectivity index (χ2n) is 6.68. The molecule has 2 rings (SSSR count). The number of rotatable bonds is 8. The van der Waals surface area contributed by atoms with Gasteiger partial charge in [-0.05, 0) is 44.0 Å². The molecule has 0 radical (unpaired) electrons. The molecule has 26 heavy (non-hydrogen) atoms. The third kappa shape index (κ3) is 4.43. The van der Waals surface area contributed by atoms with E-state index in [4.69, 9.17) is 5.73 Å². The molecule has 1 heterocycles. The average Bonchev–Trinajstić information content (AvgIpc) is 3.03. The van der Waals surface area contributed by atoms with Gasteiger partial charge in [-0.1, -0.05) is 20.3 Å². The van der Waals surface area contributed by atoms with Crippen molar-refractivity contribution in [3.05, 3.63) is 30.5 Å². The molecule has 1 aromatic heterocycles. The van der Waals surface area contributed by atoms with E-state index in [-0.39, 0.29) is 17.7 Å². The number of carbonyl (C=O) groups is 2. The molecule has 0 fully saturated rings. The van der Waals surface area contributed by atoms with E-state index < -0.39 is 6.04 Å². The third-order valence-corrected chi connectivity index (χ3v) is 5.02. The summed E-state index contributed by atoms with van der Waals surface area (Å²) in [6, 6.07) is 7.12. The molecule has 6 nitrogen and oxygen atoms in total. The van der Waals surface area contributed by atoms with Crippen molar-refractivity contribution in [3.63, 3.8) is 0 Å². The molecule has 3 N–H and O–H groups in total. The van der Waals surface area contributed by atoms with Gasteiger partial charge >= 0.3 is 0 Å². The predicted octanol–water partition coefficient (Wildman–Crippen LogP) is 2.82. The van der Waals surface area contributed by atoms with Crippen LogP contribution in [-0.4, -0.2) is 40.4 Å². The Labute approximate surface area is 155 Å². The fourth-order valence-electron chi connectivity index (χ4n) is 2.98. The Morgan fingerprint density at radius 3 is 2.50 bits per heavy atom. The van der Waals surface area contributed by atoms with Gasteiger partial charge in [0.1, 0.15) is 6.54 Å². The summed E-state index contributed by atoms with van der Waals surface area (Å²) in [4.78, 5) is 26.4. The molecule has 0 spiro atoms. The van der Waals surface area contributed by atoms with Crippen molar-refractivity contribution in [2.75, 3.05) is 18.4 Å². The molecule has 142 valence electrons. The zero-order chi connectivity index (χ0) is 19.3. The van der Waals surface area contributed by atoms with E-state index in [0.717, 1.165) is 17.3 Å². The van der Waals surface area contributed by atoms with Gasteiger partial charge in [0.05, 0.1) is 6.04 Å². The molecule has 1 aromatic carbocycles. The van der Waals surface area contributed by atoms with E-state index >= 15 is 0 Å². The highest BCUT2D eigenvalue weighted by Gasteiger charge is 2.19. The van der Waals surface area contributed by atoms with Crippen molar-refractivity contribution < 1.29 is 9.59 Å². The summed E-state index contributed by atoms with van der Waals surface area (Å²) >= 11 is 0. The van der Waals surface area contributed by atoms with Gasteiger partial charge in [0, 0.05) is 35.9 Å². The zero-order valence-electron chi connectivity index (χ0n) is 16.2. The number of aromatic nitrogens is 1. The number of anilines is 1. The van der Waals surface area contributed by atoms with Crippen LogP contribution >= 0.6 is 0 Å². The maximum Gasteiger partial charge on any atom is 0.242 e. The maximum absolute atomic E-state index is 12.3. The largest absolute Gasteiger partial charge is 0.342 e. The molecule has 0 aliphatic rings. The van der Waals surface area contributed by atoms with Gasteiger partial charge in [-0.25, -0.2) is 0 Å². The van der Waals surface area contributed by atoms with Crippen molar-refractivity contribution >= 4 is 28.4 Å². The van der Waals surface area contributed by atoms with E-state index in [0.29, 0.717) is 25.3 Å². The number of benzene rings is 1. The number of fused-ring (bicyclic) bond motifs is 1. The van der Waals surface area contributed by atoms with Crippen molar-refractivity contribution in [1.29, 1.82) is 0 Å². The number of likely N-dealkylation sites (N-methyl/N-ethyl adjacent to an activating group) is 1. The van der Waals surface area contributed by atoms with Gasteiger partial charge in [0.2, 0.25) is 11.8 Å². The standard InChI is InChI=1S/C20H30N4O2/c1-5-14(4)19(21)20(26)22-16-8-9-17-15(12-16)10-11-24(17)13-18(25)23(6-2)7-3/h8-12,14,19H,5-7,13,21H2,1-4H3,(H,22,26). The Morgan fingerprint density at radius 2 is 1.88 bits per heavy atom. The summed E-state index contributed by atoms with van der Waals surface area (Å²) in [7, 11) is 0. The molecule has 2 aromatic rings. The van der Waals surface area contributed by atoms with Crippen LogP contribution in [0.2, 0.25) is 0 Å². The SMILES string of the molecule is CCC(C)C(N)C(=O)Nc1ccc2c(ccn2CC(=O)N(CC)CC)c1. The lowest BCUT2D eigenvalue weighted by atomic mass is 9.99. The number of amides is 2. The smallest absolute Gasteiger partial charge is 0.242 e. The van der Waals surface area contributed by atoms with E-state index in [1.165, 1.54) is 0 Å². The third-order valence-electron chi connectivity index (χ3n) is 5.02. The summed E-state index contributed by atoms with van der Waals surface area (Å²) in [6.07, 6.45) is 2.76. The molecule has 0 bridgehead atoms. The van der Waals surface area contributed by atoms with Gasteiger partial charge in [-0.15, -0.1) is 0 Å². The monoisotopic (exact) mass is 358 g/mol. The van der Waals surface area contributed by atoms with E-state index in [1.54, 1.807) is 0 Å². The number of nitrogens with zero attached hydrogens (tertiary/aromatic N) is 2. The fourth-order valence-corrected chi connectivity index (χ4v) is 2.98. The van der Waals surface area contributed by atoms with E-state index in [1.807, 2.05) is 67.6 Å². The van der Waals surface area contributed by atoms with Crippen LogP contribution in [0.3, 0.4) is 0 Å². The maximum atomic E-state index is 12.3. The highest BCUT2D eigenvalue weighted by molar-refractivity contribution is 5.97. The average molecular weight is 358 g/mol. The van der Waals surface area contributed by atoms with Gasteiger partial charge in [-0.2, -0.15) is 0 Å². The Hall–Kier alpha value is -2.34. The first-order valence-corrected chi connectivity index (χ1v) is 9.34. The van der Waals surface area contributed by atoms with Crippen molar-refractivity contribution in [2.24, 2.45) is 11.7 Å². The lowest BCUT2D eigenvalue weighted by molar-refractivity contribution is -0.131. The van der Waals surface area contributed by atoms with Gasteiger partial charge in [0.15, 0.2) is 0 Å². The Kier molecular flexibility index (Phi) is 6.80. The van der Waals surface area contributed by atoms with Crippen molar-refractivity contribution in [2.45, 2.75) is 46.7 Å². The minimum absolute atomic E-state index is 0.101. The highest BCUT2D eigenvalue weighted by Crippen LogP contribution is 2.21. The number of hydrogen-bond donors (Lipinski definition) is 2. The molecule has 2 unspecified atom stereocenters. The van der Waals surface area contributed by atoms with Crippen LogP contribution < -0.4 is 11.1 Å². The molecular formula is C20H30N4O2. The van der Waals surface area contributed by atoms with Crippen LogP contribution in [0.5, 0.6) is 0 Å².